The van der Waals surface area contributed by atoms with Crippen molar-refractivity contribution >= 4 is 23.1 Å². The van der Waals surface area contributed by atoms with Crippen LogP contribution < -0.4 is 14.4 Å². The lowest BCUT2D eigenvalue weighted by atomic mass is 9.92. The number of carbonyl (C=O) groups is 2. The molecule has 1 atom stereocenters. The van der Waals surface area contributed by atoms with E-state index in [1.807, 2.05) is 75.4 Å². The number of aryl methyl sites for hydroxylation is 2. The first kappa shape index (κ1) is 26.0. The molecule has 6 nitrogen and oxygen atoms in total. The molecule has 4 rings (SSSR count). The number of ether oxygens (including phenoxy) is 2. The Balaban J connectivity index is 1.95. The SMILES string of the molecule is CCOc1cccc(C2/C(=C(\O)c3cc(C)c(OC)cc3C)C(=O)C(=O)N2c2ccc(C(C)C)cc2)c1. The fraction of sp³-hybridized carbons (Fsp3) is 0.290. The summed E-state index contributed by atoms with van der Waals surface area (Å²) in [7, 11) is 1.59. The van der Waals surface area contributed by atoms with Crippen LogP contribution in [0.15, 0.2) is 66.2 Å². The maximum atomic E-state index is 13.5. The van der Waals surface area contributed by atoms with Gasteiger partial charge in [0.15, 0.2) is 0 Å². The number of nitrogens with zero attached hydrogens (tertiary/aromatic N) is 1. The van der Waals surface area contributed by atoms with Crippen molar-refractivity contribution in [2.45, 2.75) is 46.6 Å². The molecular weight excluding hydrogens is 466 g/mol. The molecule has 192 valence electrons. The molecule has 0 saturated carbocycles. The third-order valence-electron chi connectivity index (χ3n) is 6.76. The zero-order valence-corrected chi connectivity index (χ0v) is 22.2. The van der Waals surface area contributed by atoms with Crippen LogP contribution in [0.5, 0.6) is 11.5 Å². The highest BCUT2D eigenvalue weighted by molar-refractivity contribution is 6.51. The lowest BCUT2D eigenvalue weighted by molar-refractivity contribution is -0.132. The van der Waals surface area contributed by atoms with Gasteiger partial charge < -0.3 is 14.6 Å². The van der Waals surface area contributed by atoms with E-state index in [4.69, 9.17) is 9.47 Å². The van der Waals surface area contributed by atoms with Crippen molar-refractivity contribution in [3.63, 3.8) is 0 Å². The number of Topliss-reactive ketones (excluding diaryl/α,β-unsaturated/α-hetero) is 1. The fourth-order valence-corrected chi connectivity index (χ4v) is 4.78. The number of aliphatic hydroxyl groups excluding tert-OH is 1. The van der Waals surface area contributed by atoms with Crippen LogP contribution in [0.4, 0.5) is 5.69 Å². The largest absolute Gasteiger partial charge is 0.507 e. The van der Waals surface area contributed by atoms with Crippen molar-refractivity contribution in [1.82, 2.24) is 0 Å². The first-order valence-corrected chi connectivity index (χ1v) is 12.5. The van der Waals surface area contributed by atoms with Crippen molar-refractivity contribution in [3.05, 3.63) is 94.1 Å². The number of anilines is 1. The van der Waals surface area contributed by atoms with Gasteiger partial charge in [-0.05, 0) is 85.3 Å². The van der Waals surface area contributed by atoms with Crippen LogP contribution >= 0.6 is 0 Å². The van der Waals surface area contributed by atoms with Crippen LogP contribution in [0.25, 0.3) is 5.76 Å². The summed E-state index contributed by atoms with van der Waals surface area (Å²) in [4.78, 5) is 28.5. The molecule has 0 aliphatic carbocycles. The maximum Gasteiger partial charge on any atom is 0.300 e. The van der Waals surface area contributed by atoms with Gasteiger partial charge in [0.1, 0.15) is 17.3 Å². The summed E-state index contributed by atoms with van der Waals surface area (Å²) in [5.74, 6) is -0.00395. The second kappa shape index (κ2) is 10.5. The number of carbonyl (C=O) groups excluding carboxylic acids is 2. The van der Waals surface area contributed by atoms with Crippen molar-refractivity contribution in [2.24, 2.45) is 0 Å². The minimum atomic E-state index is -0.827. The van der Waals surface area contributed by atoms with Gasteiger partial charge in [0.05, 0.1) is 25.3 Å². The van der Waals surface area contributed by atoms with Gasteiger partial charge in [-0.2, -0.15) is 0 Å². The summed E-state index contributed by atoms with van der Waals surface area (Å²) in [6.45, 7) is 10.3. The van der Waals surface area contributed by atoms with E-state index in [0.29, 0.717) is 40.8 Å². The molecule has 6 heteroatoms. The first-order valence-electron chi connectivity index (χ1n) is 12.5. The number of aliphatic hydroxyl groups is 1. The topological polar surface area (TPSA) is 76.1 Å². The average Bonchev–Trinajstić information content (AvgIpc) is 3.15. The van der Waals surface area contributed by atoms with Gasteiger partial charge in [-0.25, -0.2) is 0 Å². The van der Waals surface area contributed by atoms with Gasteiger partial charge in [-0.1, -0.05) is 38.1 Å². The van der Waals surface area contributed by atoms with E-state index in [1.54, 1.807) is 13.2 Å². The Bertz CT molecular complexity index is 1370. The summed E-state index contributed by atoms with van der Waals surface area (Å²) in [6, 6.07) is 17.7. The Morgan fingerprint density at radius 1 is 1.00 bits per heavy atom. The van der Waals surface area contributed by atoms with E-state index in [1.165, 1.54) is 4.90 Å². The summed E-state index contributed by atoms with van der Waals surface area (Å²) < 4.78 is 11.1. The van der Waals surface area contributed by atoms with Crippen molar-refractivity contribution in [1.29, 1.82) is 0 Å². The van der Waals surface area contributed by atoms with Crippen LogP contribution in [0.1, 0.15) is 60.5 Å². The number of amides is 1. The predicted octanol–water partition coefficient (Wildman–Crippen LogP) is 6.46. The third kappa shape index (κ3) is 4.84. The Hall–Kier alpha value is -4.06. The van der Waals surface area contributed by atoms with Gasteiger partial charge in [0.25, 0.3) is 11.7 Å². The van der Waals surface area contributed by atoms with E-state index in [2.05, 4.69) is 13.8 Å². The molecule has 1 aliphatic heterocycles. The minimum Gasteiger partial charge on any atom is -0.507 e. The van der Waals surface area contributed by atoms with Gasteiger partial charge in [0.2, 0.25) is 0 Å². The Morgan fingerprint density at radius 3 is 2.32 bits per heavy atom. The van der Waals surface area contributed by atoms with E-state index in [0.717, 1.165) is 16.7 Å². The molecule has 1 saturated heterocycles. The molecule has 1 heterocycles. The lowest BCUT2D eigenvalue weighted by Gasteiger charge is -2.26. The van der Waals surface area contributed by atoms with E-state index >= 15 is 0 Å². The smallest absolute Gasteiger partial charge is 0.300 e. The van der Waals surface area contributed by atoms with Crippen LogP contribution in [0.3, 0.4) is 0 Å². The van der Waals surface area contributed by atoms with Crippen LogP contribution in [0, 0.1) is 13.8 Å². The molecule has 1 fully saturated rings. The molecule has 1 unspecified atom stereocenters. The molecule has 0 bridgehead atoms. The zero-order valence-electron chi connectivity index (χ0n) is 22.2. The maximum absolute atomic E-state index is 13.5. The number of ketones is 1. The number of hydrogen-bond acceptors (Lipinski definition) is 5. The third-order valence-corrected chi connectivity index (χ3v) is 6.76. The predicted molar refractivity (Wildman–Crippen MR) is 145 cm³/mol. The number of methoxy groups -OCH3 is 1. The molecule has 37 heavy (non-hydrogen) atoms. The number of hydrogen-bond donors (Lipinski definition) is 1. The highest BCUT2D eigenvalue weighted by atomic mass is 16.5. The van der Waals surface area contributed by atoms with E-state index in [-0.39, 0.29) is 11.3 Å². The summed E-state index contributed by atoms with van der Waals surface area (Å²) in [5, 5.41) is 11.6. The second-order valence-electron chi connectivity index (χ2n) is 9.56. The Morgan fingerprint density at radius 2 is 1.70 bits per heavy atom. The van der Waals surface area contributed by atoms with E-state index < -0.39 is 17.7 Å². The summed E-state index contributed by atoms with van der Waals surface area (Å²) in [6.07, 6.45) is 0. The quantitative estimate of drug-likeness (QED) is 0.229. The molecule has 3 aromatic rings. The second-order valence-corrected chi connectivity index (χ2v) is 9.56. The molecule has 0 spiro atoms. The molecule has 0 aromatic heterocycles. The molecule has 0 radical (unpaired) electrons. The van der Waals surface area contributed by atoms with Gasteiger partial charge in [0, 0.05) is 11.3 Å². The molecule has 1 amide bonds. The van der Waals surface area contributed by atoms with Crippen molar-refractivity contribution in [2.75, 3.05) is 18.6 Å². The van der Waals surface area contributed by atoms with Crippen molar-refractivity contribution in [3.8, 4) is 11.5 Å². The fourth-order valence-electron chi connectivity index (χ4n) is 4.78. The first-order chi connectivity index (χ1) is 17.7. The molecule has 1 aliphatic rings. The standard InChI is InChI=1S/C31H33NO5/c1-7-37-24-10-8-9-22(17-24)28-27(29(33)25-15-20(5)26(36-6)16-19(25)4)30(34)31(35)32(28)23-13-11-21(12-14-23)18(2)3/h8-18,28,33H,7H2,1-6H3/b29-27+. The van der Waals surface area contributed by atoms with Gasteiger partial charge in [-0.3, -0.25) is 14.5 Å². The average molecular weight is 500 g/mol. The normalized spacial score (nSPS) is 16.9. The van der Waals surface area contributed by atoms with Crippen molar-refractivity contribution < 1.29 is 24.2 Å². The molecule has 3 aromatic carbocycles. The monoisotopic (exact) mass is 499 g/mol. The Labute approximate surface area is 218 Å². The highest BCUT2D eigenvalue weighted by Crippen LogP contribution is 2.43. The van der Waals surface area contributed by atoms with E-state index in [9.17, 15) is 14.7 Å². The summed E-state index contributed by atoms with van der Waals surface area (Å²) in [5.41, 5.74) is 4.44. The minimum absolute atomic E-state index is 0.0410. The van der Waals surface area contributed by atoms with Gasteiger partial charge >= 0.3 is 0 Å². The van der Waals surface area contributed by atoms with Crippen LogP contribution in [0.2, 0.25) is 0 Å². The van der Waals surface area contributed by atoms with Crippen LogP contribution in [-0.2, 0) is 9.59 Å². The van der Waals surface area contributed by atoms with Crippen LogP contribution in [-0.4, -0.2) is 30.5 Å². The van der Waals surface area contributed by atoms with Gasteiger partial charge in [-0.15, -0.1) is 0 Å². The zero-order chi connectivity index (χ0) is 26.9. The number of rotatable bonds is 7. The Kier molecular flexibility index (Phi) is 7.39. The number of benzene rings is 3. The summed E-state index contributed by atoms with van der Waals surface area (Å²) >= 11 is 0. The lowest BCUT2D eigenvalue weighted by Crippen LogP contribution is -2.29. The molecule has 1 N–H and O–H groups in total. The highest BCUT2D eigenvalue weighted by Gasteiger charge is 2.47. The molecular formula is C31H33NO5.